The van der Waals surface area contributed by atoms with Crippen molar-refractivity contribution in [1.29, 1.82) is 0 Å². The van der Waals surface area contributed by atoms with Crippen LogP contribution in [0.2, 0.25) is 0 Å². The Morgan fingerprint density at radius 3 is 2.57 bits per heavy atom. The Kier molecular flexibility index (Phi) is 3.36. The number of nitrogens with zero attached hydrogens (tertiary/aromatic N) is 1. The van der Waals surface area contributed by atoms with Crippen LogP contribution in [0.3, 0.4) is 0 Å². The summed E-state index contributed by atoms with van der Waals surface area (Å²) in [4.78, 5) is 11.5. The SMILES string of the molecule is COc1cccc2c1cc(C(=O)O)n2Cc1ccccc1. The number of fused-ring (bicyclic) bond motifs is 1. The second-order valence-electron chi connectivity index (χ2n) is 4.80. The molecule has 0 bridgehead atoms. The van der Waals surface area contributed by atoms with E-state index in [9.17, 15) is 9.90 Å². The number of methoxy groups -OCH3 is 1. The number of carboxylic acid groups (broad SMARTS) is 1. The lowest BCUT2D eigenvalue weighted by Crippen LogP contribution is -2.09. The summed E-state index contributed by atoms with van der Waals surface area (Å²) in [5.41, 5.74) is 2.18. The molecule has 0 aliphatic rings. The summed E-state index contributed by atoms with van der Waals surface area (Å²) in [6.07, 6.45) is 0. The van der Waals surface area contributed by atoms with Gasteiger partial charge in [0.2, 0.25) is 0 Å². The molecular weight excluding hydrogens is 266 g/mol. The van der Waals surface area contributed by atoms with Crippen LogP contribution in [0.5, 0.6) is 5.75 Å². The normalized spacial score (nSPS) is 10.7. The van der Waals surface area contributed by atoms with Gasteiger partial charge in [0.1, 0.15) is 11.4 Å². The predicted molar refractivity (Wildman–Crippen MR) is 81.0 cm³/mol. The number of carboxylic acids is 1. The molecule has 1 N–H and O–H groups in total. The Labute approximate surface area is 122 Å². The van der Waals surface area contributed by atoms with Crippen LogP contribution >= 0.6 is 0 Å². The van der Waals surface area contributed by atoms with E-state index in [2.05, 4.69) is 0 Å². The predicted octanol–water partition coefficient (Wildman–Crippen LogP) is 3.40. The third-order valence-corrected chi connectivity index (χ3v) is 3.53. The van der Waals surface area contributed by atoms with Gasteiger partial charge in [-0.05, 0) is 23.8 Å². The average Bonchev–Trinajstić information content (AvgIpc) is 2.87. The number of hydrogen-bond donors (Lipinski definition) is 1. The molecule has 0 amide bonds. The number of carbonyl (C=O) groups is 1. The summed E-state index contributed by atoms with van der Waals surface area (Å²) in [6.45, 7) is 0.513. The average molecular weight is 281 g/mol. The van der Waals surface area contributed by atoms with Crippen LogP contribution in [-0.2, 0) is 6.54 Å². The monoisotopic (exact) mass is 281 g/mol. The van der Waals surface area contributed by atoms with Crippen molar-refractivity contribution in [3.8, 4) is 5.75 Å². The summed E-state index contributed by atoms with van der Waals surface area (Å²) in [6, 6.07) is 17.1. The third-order valence-electron chi connectivity index (χ3n) is 3.53. The van der Waals surface area contributed by atoms with Crippen LogP contribution in [0.15, 0.2) is 54.6 Å². The zero-order valence-electron chi connectivity index (χ0n) is 11.6. The minimum absolute atomic E-state index is 0.262. The Bertz CT molecular complexity index is 790. The van der Waals surface area contributed by atoms with Crippen LogP contribution in [0, 0.1) is 0 Å². The first-order valence-corrected chi connectivity index (χ1v) is 6.64. The van der Waals surface area contributed by atoms with Gasteiger partial charge in [0.25, 0.3) is 0 Å². The molecule has 0 unspecified atom stereocenters. The number of rotatable bonds is 4. The highest BCUT2D eigenvalue weighted by Crippen LogP contribution is 2.29. The quantitative estimate of drug-likeness (QED) is 0.797. The lowest BCUT2D eigenvalue weighted by Gasteiger charge is -2.09. The number of benzene rings is 2. The number of hydrogen-bond acceptors (Lipinski definition) is 2. The lowest BCUT2D eigenvalue weighted by molar-refractivity contribution is 0.0686. The first kappa shape index (κ1) is 13.2. The highest BCUT2D eigenvalue weighted by molar-refractivity contribution is 5.97. The van der Waals surface area contributed by atoms with Crippen LogP contribution in [0.4, 0.5) is 0 Å². The van der Waals surface area contributed by atoms with E-state index in [1.807, 2.05) is 48.5 Å². The molecule has 2 aromatic carbocycles. The molecule has 3 aromatic rings. The molecule has 21 heavy (non-hydrogen) atoms. The molecule has 106 valence electrons. The molecule has 4 nitrogen and oxygen atoms in total. The van der Waals surface area contributed by atoms with Crippen molar-refractivity contribution >= 4 is 16.9 Å². The van der Waals surface area contributed by atoms with Gasteiger partial charge in [-0.3, -0.25) is 0 Å². The second-order valence-corrected chi connectivity index (χ2v) is 4.80. The molecule has 1 heterocycles. The van der Waals surface area contributed by atoms with Gasteiger partial charge < -0.3 is 14.4 Å². The molecule has 0 spiro atoms. The zero-order valence-corrected chi connectivity index (χ0v) is 11.6. The standard InChI is InChI=1S/C17H15NO3/c1-21-16-9-5-8-14-13(16)10-15(17(19)20)18(14)11-12-6-3-2-4-7-12/h2-10H,11H2,1H3,(H,19,20). The summed E-state index contributed by atoms with van der Waals surface area (Å²) in [7, 11) is 1.59. The van der Waals surface area contributed by atoms with Crippen molar-refractivity contribution in [1.82, 2.24) is 4.57 Å². The van der Waals surface area contributed by atoms with E-state index < -0.39 is 5.97 Å². The largest absolute Gasteiger partial charge is 0.496 e. The minimum Gasteiger partial charge on any atom is -0.496 e. The first-order chi connectivity index (χ1) is 10.2. The summed E-state index contributed by atoms with van der Waals surface area (Å²) in [5.74, 6) is -0.258. The van der Waals surface area contributed by atoms with Crippen LogP contribution in [0.25, 0.3) is 10.9 Å². The van der Waals surface area contributed by atoms with Gasteiger partial charge in [0, 0.05) is 11.9 Å². The summed E-state index contributed by atoms with van der Waals surface area (Å²) < 4.78 is 7.12. The molecule has 0 aliphatic heterocycles. The number of aromatic nitrogens is 1. The second kappa shape index (κ2) is 5.32. The van der Waals surface area contributed by atoms with E-state index >= 15 is 0 Å². The smallest absolute Gasteiger partial charge is 0.352 e. The lowest BCUT2D eigenvalue weighted by atomic mass is 10.2. The Morgan fingerprint density at radius 1 is 1.14 bits per heavy atom. The maximum Gasteiger partial charge on any atom is 0.352 e. The van der Waals surface area contributed by atoms with E-state index in [1.54, 1.807) is 17.7 Å². The van der Waals surface area contributed by atoms with Crippen molar-refractivity contribution in [2.45, 2.75) is 6.54 Å². The van der Waals surface area contributed by atoms with Gasteiger partial charge in [0.15, 0.2) is 0 Å². The topological polar surface area (TPSA) is 51.5 Å². The molecule has 1 aromatic heterocycles. The molecule has 4 heteroatoms. The van der Waals surface area contributed by atoms with Gasteiger partial charge >= 0.3 is 5.97 Å². The zero-order chi connectivity index (χ0) is 14.8. The fourth-order valence-electron chi connectivity index (χ4n) is 2.55. The van der Waals surface area contributed by atoms with Crippen LogP contribution in [-0.4, -0.2) is 22.8 Å². The fraction of sp³-hybridized carbons (Fsp3) is 0.118. The van der Waals surface area contributed by atoms with Gasteiger partial charge in [-0.15, -0.1) is 0 Å². The Hall–Kier alpha value is -2.75. The number of aromatic carboxylic acids is 1. The van der Waals surface area contributed by atoms with Crippen molar-refractivity contribution < 1.29 is 14.6 Å². The maximum absolute atomic E-state index is 11.5. The van der Waals surface area contributed by atoms with E-state index in [4.69, 9.17) is 4.74 Å². The van der Waals surface area contributed by atoms with Gasteiger partial charge in [-0.2, -0.15) is 0 Å². The van der Waals surface area contributed by atoms with E-state index in [1.165, 1.54) is 0 Å². The first-order valence-electron chi connectivity index (χ1n) is 6.64. The van der Waals surface area contributed by atoms with Crippen LogP contribution in [0.1, 0.15) is 16.1 Å². The molecule has 3 rings (SSSR count). The molecular formula is C17H15NO3. The fourth-order valence-corrected chi connectivity index (χ4v) is 2.55. The van der Waals surface area contributed by atoms with E-state index in [0.717, 1.165) is 16.5 Å². The molecule has 0 fully saturated rings. The third kappa shape index (κ3) is 2.36. The molecule has 0 saturated carbocycles. The minimum atomic E-state index is -0.941. The van der Waals surface area contributed by atoms with Crippen molar-refractivity contribution in [3.63, 3.8) is 0 Å². The molecule has 0 saturated heterocycles. The molecule has 0 atom stereocenters. The van der Waals surface area contributed by atoms with Gasteiger partial charge in [-0.25, -0.2) is 4.79 Å². The number of ether oxygens (including phenoxy) is 1. The Morgan fingerprint density at radius 2 is 1.90 bits per heavy atom. The van der Waals surface area contributed by atoms with Gasteiger partial charge in [-0.1, -0.05) is 36.4 Å². The van der Waals surface area contributed by atoms with Crippen molar-refractivity contribution in [2.24, 2.45) is 0 Å². The molecule has 0 aliphatic carbocycles. The maximum atomic E-state index is 11.5. The van der Waals surface area contributed by atoms with Crippen molar-refractivity contribution in [2.75, 3.05) is 7.11 Å². The summed E-state index contributed by atoms with van der Waals surface area (Å²) >= 11 is 0. The van der Waals surface area contributed by atoms with E-state index in [0.29, 0.717) is 12.3 Å². The van der Waals surface area contributed by atoms with Gasteiger partial charge in [0.05, 0.1) is 12.6 Å². The highest BCUT2D eigenvalue weighted by atomic mass is 16.5. The summed E-state index contributed by atoms with van der Waals surface area (Å²) in [5, 5.41) is 10.3. The molecule has 0 radical (unpaired) electrons. The Balaban J connectivity index is 2.19. The van der Waals surface area contributed by atoms with E-state index in [-0.39, 0.29) is 5.69 Å². The van der Waals surface area contributed by atoms with Crippen LogP contribution < -0.4 is 4.74 Å². The highest BCUT2D eigenvalue weighted by Gasteiger charge is 2.17. The van der Waals surface area contributed by atoms with Crippen molar-refractivity contribution in [3.05, 3.63) is 65.9 Å².